The van der Waals surface area contributed by atoms with Crippen molar-refractivity contribution in [1.82, 2.24) is 13.9 Å². The lowest BCUT2D eigenvalue weighted by Gasteiger charge is -2.10. The second-order valence-electron chi connectivity index (χ2n) is 10.6. The number of nitrogens with zero attached hydrogens (tertiary/aromatic N) is 3. The topological polar surface area (TPSA) is 93.5 Å². The Labute approximate surface area is 258 Å². The van der Waals surface area contributed by atoms with Gasteiger partial charge in [0.25, 0.3) is 10.0 Å². The Balaban J connectivity index is 1.69. The van der Waals surface area contributed by atoms with E-state index in [4.69, 9.17) is 4.74 Å². The maximum Gasteiger partial charge on any atom is 0.269 e. The summed E-state index contributed by atoms with van der Waals surface area (Å²) < 4.78 is 78.3. The summed E-state index contributed by atoms with van der Waals surface area (Å²) >= 11 is 0. The second kappa shape index (κ2) is 12.6. The van der Waals surface area contributed by atoms with E-state index < -0.39 is 33.4 Å². The summed E-state index contributed by atoms with van der Waals surface area (Å²) in [6, 6.07) is 13.3. The maximum atomic E-state index is 15.2. The molecular formula is C33H29F3N4O4S. The molecule has 0 spiro atoms. The zero-order valence-electron chi connectivity index (χ0n) is 24.8. The van der Waals surface area contributed by atoms with Crippen LogP contribution >= 0.6 is 0 Å². The fraction of sp³-hybridized carbons (Fsp3) is 0.152. The highest BCUT2D eigenvalue weighted by molar-refractivity contribution is 7.90. The number of pyridine rings is 1. The van der Waals surface area contributed by atoms with Crippen LogP contribution < -0.4 is 10.1 Å². The van der Waals surface area contributed by atoms with Gasteiger partial charge in [-0.25, -0.2) is 30.5 Å². The summed E-state index contributed by atoms with van der Waals surface area (Å²) in [6.45, 7) is 2.37. The van der Waals surface area contributed by atoms with E-state index in [1.807, 2.05) is 25.9 Å². The number of hydrogen-bond acceptors (Lipinski definition) is 6. The average Bonchev–Trinajstić information content (AvgIpc) is 3.37. The molecule has 0 saturated heterocycles. The van der Waals surface area contributed by atoms with Gasteiger partial charge in [0.1, 0.15) is 11.6 Å². The Morgan fingerprint density at radius 2 is 1.71 bits per heavy atom. The monoisotopic (exact) mass is 634 g/mol. The SMILES string of the molecule is COc1c(F)cc(F)cc1-c1cn(S(=O)(=O)c2ccc(C)cc2)c2ncc(-c3cc(NC(=O)/C=C/CN(C)C)ccc3F)cc12. The quantitative estimate of drug-likeness (QED) is 0.189. The number of carbonyl (C=O) groups excluding carboxylic acids is 1. The molecule has 2 heterocycles. The number of amides is 1. The minimum absolute atomic E-state index is 0.0334. The van der Waals surface area contributed by atoms with Gasteiger partial charge in [-0.15, -0.1) is 0 Å². The van der Waals surface area contributed by atoms with Gasteiger partial charge >= 0.3 is 0 Å². The lowest BCUT2D eigenvalue weighted by atomic mass is 10.0. The lowest BCUT2D eigenvalue weighted by molar-refractivity contribution is -0.111. The van der Waals surface area contributed by atoms with E-state index in [0.29, 0.717) is 18.3 Å². The van der Waals surface area contributed by atoms with Crippen LogP contribution in [0.3, 0.4) is 0 Å². The normalized spacial score (nSPS) is 11.9. The van der Waals surface area contributed by atoms with E-state index >= 15 is 4.39 Å². The lowest BCUT2D eigenvalue weighted by Crippen LogP contribution is -2.13. The summed E-state index contributed by atoms with van der Waals surface area (Å²) in [5.74, 6) is -3.27. The molecule has 0 bridgehead atoms. The molecule has 1 N–H and O–H groups in total. The van der Waals surface area contributed by atoms with Crippen LogP contribution in [0.1, 0.15) is 5.56 Å². The van der Waals surface area contributed by atoms with Gasteiger partial charge in [0.15, 0.2) is 17.2 Å². The Hall–Kier alpha value is -4.94. The Morgan fingerprint density at radius 1 is 0.978 bits per heavy atom. The molecule has 12 heteroatoms. The van der Waals surface area contributed by atoms with Crippen molar-refractivity contribution in [2.45, 2.75) is 11.8 Å². The van der Waals surface area contributed by atoms with Gasteiger partial charge in [-0.1, -0.05) is 23.8 Å². The van der Waals surface area contributed by atoms with Crippen LogP contribution in [0.2, 0.25) is 0 Å². The summed E-state index contributed by atoms with van der Waals surface area (Å²) in [5.41, 5.74) is 1.39. The Morgan fingerprint density at radius 3 is 2.40 bits per heavy atom. The third-order valence-electron chi connectivity index (χ3n) is 6.98. The van der Waals surface area contributed by atoms with E-state index in [1.165, 1.54) is 62.0 Å². The van der Waals surface area contributed by atoms with Gasteiger partial charge in [-0.2, -0.15) is 0 Å². The number of nitrogens with one attached hydrogen (secondary N) is 1. The van der Waals surface area contributed by atoms with Crippen molar-refractivity contribution in [2.75, 3.05) is 33.1 Å². The van der Waals surface area contributed by atoms with E-state index in [0.717, 1.165) is 15.6 Å². The molecule has 2 aromatic heterocycles. The molecule has 5 aromatic rings. The van der Waals surface area contributed by atoms with Crippen LogP contribution in [-0.2, 0) is 14.8 Å². The largest absolute Gasteiger partial charge is 0.493 e. The van der Waals surface area contributed by atoms with Gasteiger partial charge in [-0.05, 0) is 63.5 Å². The summed E-state index contributed by atoms with van der Waals surface area (Å²) in [5, 5.41) is 2.85. The fourth-order valence-electron chi connectivity index (χ4n) is 4.79. The molecule has 0 radical (unpaired) electrons. The number of halogens is 3. The Kier molecular flexibility index (Phi) is 8.80. The van der Waals surface area contributed by atoms with Gasteiger partial charge in [0.2, 0.25) is 5.91 Å². The first-order valence-electron chi connectivity index (χ1n) is 13.7. The third-order valence-corrected chi connectivity index (χ3v) is 8.64. The predicted octanol–water partition coefficient (Wildman–Crippen LogP) is 6.40. The molecule has 0 fully saturated rings. The number of benzene rings is 3. The molecule has 0 aliphatic carbocycles. The first kappa shape index (κ1) is 31.5. The van der Waals surface area contributed by atoms with Crippen LogP contribution in [0.15, 0.2) is 90.1 Å². The molecular weight excluding hydrogens is 605 g/mol. The molecule has 0 aliphatic heterocycles. The number of anilines is 1. The zero-order chi connectivity index (χ0) is 32.5. The van der Waals surface area contributed by atoms with Gasteiger partial charge in [0, 0.05) is 64.4 Å². The smallest absolute Gasteiger partial charge is 0.269 e. The molecule has 232 valence electrons. The molecule has 0 aliphatic rings. The maximum absolute atomic E-state index is 15.2. The van der Waals surface area contributed by atoms with Crippen LogP contribution in [0.25, 0.3) is 33.3 Å². The van der Waals surface area contributed by atoms with Crippen LogP contribution in [-0.4, -0.2) is 55.9 Å². The van der Waals surface area contributed by atoms with Crippen molar-refractivity contribution in [3.8, 4) is 28.0 Å². The summed E-state index contributed by atoms with van der Waals surface area (Å²) in [6.07, 6.45) is 5.54. The number of aromatic nitrogens is 2. The highest BCUT2D eigenvalue weighted by atomic mass is 32.2. The van der Waals surface area contributed by atoms with Gasteiger partial charge in [-0.3, -0.25) is 4.79 Å². The average molecular weight is 635 g/mol. The number of carbonyl (C=O) groups is 1. The molecule has 0 atom stereocenters. The van der Waals surface area contributed by atoms with Gasteiger partial charge < -0.3 is 15.0 Å². The van der Waals surface area contributed by atoms with Crippen molar-refractivity contribution in [3.63, 3.8) is 0 Å². The molecule has 8 nitrogen and oxygen atoms in total. The van der Waals surface area contributed by atoms with E-state index in [9.17, 15) is 22.0 Å². The minimum Gasteiger partial charge on any atom is -0.493 e. The number of likely N-dealkylation sites (N-methyl/N-ethyl adjacent to an activating group) is 1. The standard InChI is InChI=1S/C33H29F3N4O4S/c1-20-7-10-24(11-8-20)45(42,43)40-19-28(26-15-22(34)16-30(36)32(26)44-4)27-14-21(18-37-33(27)40)25-17-23(9-12-29(25)35)38-31(41)6-5-13-39(2)3/h5-12,14-19H,13H2,1-4H3,(H,38,41)/b6-5+. The second-order valence-corrected chi connectivity index (χ2v) is 12.4. The summed E-state index contributed by atoms with van der Waals surface area (Å²) in [4.78, 5) is 18.6. The van der Waals surface area contributed by atoms with E-state index in [1.54, 1.807) is 18.2 Å². The van der Waals surface area contributed by atoms with Crippen LogP contribution in [0, 0.1) is 24.4 Å². The number of fused-ring (bicyclic) bond motifs is 1. The number of ether oxygens (including phenoxy) is 1. The van der Waals surface area contributed by atoms with Crippen molar-refractivity contribution in [3.05, 3.63) is 108 Å². The molecule has 45 heavy (non-hydrogen) atoms. The van der Waals surface area contributed by atoms with Crippen molar-refractivity contribution in [1.29, 1.82) is 0 Å². The first-order chi connectivity index (χ1) is 21.4. The van der Waals surface area contributed by atoms with E-state index in [-0.39, 0.29) is 43.9 Å². The van der Waals surface area contributed by atoms with Crippen molar-refractivity contribution >= 4 is 32.7 Å². The number of rotatable bonds is 9. The first-order valence-corrected chi connectivity index (χ1v) is 15.1. The highest BCUT2D eigenvalue weighted by Gasteiger charge is 2.26. The highest BCUT2D eigenvalue weighted by Crippen LogP contribution is 2.40. The molecule has 1 amide bonds. The van der Waals surface area contributed by atoms with Crippen molar-refractivity contribution < 1.29 is 31.1 Å². The fourth-order valence-corrected chi connectivity index (χ4v) is 6.12. The van der Waals surface area contributed by atoms with Crippen molar-refractivity contribution in [2.24, 2.45) is 0 Å². The van der Waals surface area contributed by atoms with E-state index in [2.05, 4.69) is 10.3 Å². The molecule has 3 aromatic carbocycles. The van der Waals surface area contributed by atoms with Crippen LogP contribution in [0.4, 0.5) is 18.9 Å². The molecule has 0 saturated carbocycles. The summed E-state index contributed by atoms with van der Waals surface area (Å²) in [7, 11) is 0.689. The number of hydrogen-bond donors (Lipinski definition) is 1. The predicted molar refractivity (Wildman–Crippen MR) is 167 cm³/mol. The molecule has 0 unspecified atom stereocenters. The zero-order valence-corrected chi connectivity index (χ0v) is 25.6. The Bertz CT molecular complexity index is 2060. The number of aryl methyl sites for hydroxylation is 1. The molecule has 5 rings (SSSR count). The van der Waals surface area contributed by atoms with Crippen LogP contribution in [0.5, 0.6) is 5.75 Å². The van der Waals surface area contributed by atoms with Gasteiger partial charge in [0.05, 0.1) is 12.0 Å². The third kappa shape index (κ3) is 6.47. The minimum atomic E-state index is -4.23. The number of methoxy groups -OCH3 is 1.